The summed E-state index contributed by atoms with van der Waals surface area (Å²) < 4.78 is 63.7. The molecule has 10 nitrogen and oxygen atoms in total. The van der Waals surface area contributed by atoms with Crippen molar-refractivity contribution in [3.8, 4) is 5.88 Å². The lowest BCUT2D eigenvalue weighted by molar-refractivity contribution is -0.154. The van der Waals surface area contributed by atoms with Gasteiger partial charge in [0.15, 0.2) is 18.2 Å². The predicted octanol–water partition coefficient (Wildman–Crippen LogP) is 4.00. The standard InChI is InChI=1S/C21H23F4N7O3/c1-20(4-5-20)28-19(33)35-14-3-2-11(17(14)22)12-8-15(30-29-12)27-18-13-9-16(34-10-21(23,24)25)31-32(13)7-6-26-18/h6-9,11,14,17H,2-5,10H2,1H3,(H,28,33)(H2,26,27,29,30)/t11-,14-,17-/m1/s1. The molecule has 3 atom stereocenters. The first-order chi connectivity index (χ1) is 16.6. The monoisotopic (exact) mass is 497 g/mol. The molecule has 0 saturated heterocycles. The first-order valence-corrected chi connectivity index (χ1v) is 11.1. The van der Waals surface area contributed by atoms with Crippen molar-refractivity contribution in [2.45, 2.75) is 62.5 Å². The van der Waals surface area contributed by atoms with E-state index in [1.54, 1.807) is 6.07 Å². The topological polar surface area (TPSA) is 118 Å². The molecule has 0 bridgehead atoms. The number of nitrogens with zero attached hydrogens (tertiary/aromatic N) is 4. The number of anilines is 2. The number of rotatable bonds is 7. The van der Waals surface area contributed by atoms with Crippen LogP contribution in [0.15, 0.2) is 24.5 Å². The van der Waals surface area contributed by atoms with Crippen LogP contribution in [-0.2, 0) is 4.74 Å². The van der Waals surface area contributed by atoms with E-state index in [4.69, 9.17) is 9.47 Å². The number of hydrogen-bond acceptors (Lipinski definition) is 7. The van der Waals surface area contributed by atoms with Crippen LogP contribution in [-0.4, -0.2) is 61.5 Å². The third kappa shape index (κ3) is 5.25. The zero-order valence-corrected chi connectivity index (χ0v) is 18.6. The summed E-state index contributed by atoms with van der Waals surface area (Å²) in [6, 6.07) is 2.94. The van der Waals surface area contributed by atoms with Gasteiger partial charge in [-0.3, -0.25) is 5.10 Å². The number of alkyl halides is 4. The molecule has 2 fully saturated rings. The van der Waals surface area contributed by atoms with E-state index in [-0.39, 0.29) is 17.2 Å². The van der Waals surface area contributed by atoms with Crippen molar-refractivity contribution in [2.75, 3.05) is 11.9 Å². The number of amides is 1. The SMILES string of the molecule is CC1(NC(=O)O[C@@H]2CC[C@H](c3cc(Nc4nccn5nc(OCC(F)(F)F)cc45)n[nH]3)[C@H]2F)CC1. The molecular weight excluding hydrogens is 474 g/mol. The number of fused-ring (bicyclic) bond motifs is 1. The van der Waals surface area contributed by atoms with Crippen LogP contribution in [0.3, 0.4) is 0 Å². The second kappa shape index (κ2) is 8.57. The van der Waals surface area contributed by atoms with Crippen LogP contribution in [0.5, 0.6) is 5.88 Å². The number of hydrogen-bond donors (Lipinski definition) is 3. The highest BCUT2D eigenvalue weighted by Crippen LogP contribution is 2.39. The molecule has 3 heterocycles. The van der Waals surface area contributed by atoms with Crippen LogP contribution >= 0.6 is 0 Å². The molecule has 188 valence electrons. The molecule has 0 aliphatic heterocycles. The highest BCUT2D eigenvalue weighted by Gasteiger charge is 2.43. The molecule has 0 radical (unpaired) electrons. The maximum Gasteiger partial charge on any atom is 0.422 e. The van der Waals surface area contributed by atoms with Gasteiger partial charge in [0.1, 0.15) is 17.8 Å². The molecule has 0 aromatic carbocycles. The van der Waals surface area contributed by atoms with Gasteiger partial charge < -0.3 is 20.1 Å². The van der Waals surface area contributed by atoms with Crippen LogP contribution in [0.1, 0.15) is 44.2 Å². The van der Waals surface area contributed by atoms with Gasteiger partial charge in [-0.05, 0) is 32.6 Å². The summed E-state index contributed by atoms with van der Waals surface area (Å²) in [6.07, 6.45) is -1.86. The number of halogens is 4. The summed E-state index contributed by atoms with van der Waals surface area (Å²) in [5.74, 6) is -0.142. The average Bonchev–Trinajstić information content (AvgIpc) is 3.14. The summed E-state index contributed by atoms with van der Waals surface area (Å²) >= 11 is 0. The highest BCUT2D eigenvalue weighted by molar-refractivity contribution is 5.73. The second-order valence-corrected chi connectivity index (χ2v) is 9.08. The first-order valence-electron chi connectivity index (χ1n) is 11.1. The molecule has 0 spiro atoms. The van der Waals surface area contributed by atoms with Gasteiger partial charge in [-0.15, -0.1) is 5.10 Å². The largest absolute Gasteiger partial charge is 0.467 e. The number of H-pyrrole nitrogens is 1. The van der Waals surface area contributed by atoms with E-state index in [0.717, 1.165) is 12.8 Å². The maximum atomic E-state index is 15.1. The van der Waals surface area contributed by atoms with Gasteiger partial charge in [-0.2, -0.15) is 18.3 Å². The molecule has 5 rings (SSSR count). The molecule has 2 saturated carbocycles. The molecule has 1 amide bonds. The fraction of sp³-hybridized carbons (Fsp3) is 0.524. The minimum atomic E-state index is -4.49. The summed E-state index contributed by atoms with van der Waals surface area (Å²) in [6.45, 7) is 0.445. The molecule has 3 N–H and O–H groups in total. The fourth-order valence-corrected chi connectivity index (χ4v) is 4.03. The number of aromatic amines is 1. The summed E-state index contributed by atoms with van der Waals surface area (Å²) in [4.78, 5) is 16.2. The molecule has 35 heavy (non-hydrogen) atoms. The number of alkyl carbamates (subject to hydrolysis) is 1. The van der Waals surface area contributed by atoms with Gasteiger partial charge in [0, 0.05) is 41.7 Å². The fourth-order valence-electron chi connectivity index (χ4n) is 4.03. The Labute approximate surface area is 196 Å². The number of carbonyl (C=O) groups excluding carboxylic acids is 1. The normalized spacial score (nSPS) is 23.3. The molecule has 2 aliphatic carbocycles. The lowest BCUT2D eigenvalue weighted by Gasteiger charge is -2.19. The third-order valence-corrected chi connectivity index (χ3v) is 6.16. The summed E-state index contributed by atoms with van der Waals surface area (Å²) in [5.41, 5.74) is 0.639. The van der Waals surface area contributed by atoms with Gasteiger partial charge in [0.2, 0.25) is 5.88 Å². The van der Waals surface area contributed by atoms with Crippen molar-refractivity contribution in [1.29, 1.82) is 0 Å². The zero-order valence-electron chi connectivity index (χ0n) is 18.6. The number of ether oxygens (including phenoxy) is 2. The van der Waals surface area contributed by atoms with E-state index in [1.165, 1.54) is 23.0 Å². The molecule has 14 heteroatoms. The van der Waals surface area contributed by atoms with Gasteiger partial charge in [0.05, 0.1) is 0 Å². The second-order valence-electron chi connectivity index (χ2n) is 9.08. The van der Waals surface area contributed by atoms with Crippen molar-refractivity contribution in [3.05, 3.63) is 30.2 Å². The Morgan fingerprint density at radius 2 is 2.11 bits per heavy atom. The zero-order chi connectivity index (χ0) is 24.8. The van der Waals surface area contributed by atoms with Crippen molar-refractivity contribution >= 4 is 23.2 Å². The van der Waals surface area contributed by atoms with Gasteiger partial charge >= 0.3 is 12.3 Å². The molecule has 2 aliphatic rings. The minimum absolute atomic E-state index is 0.210. The van der Waals surface area contributed by atoms with Crippen molar-refractivity contribution in [1.82, 2.24) is 30.1 Å². The lowest BCUT2D eigenvalue weighted by atomic mass is 10.0. The van der Waals surface area contributed by atoms with E-state index < -0.39 is 37.1 Å². The van der Waals surface area contributed by atoms with Crippen molar-refractivity contribution < 1.29 is 31.8 Å². The lowest BCUT2D eigenvalue weighted by Crippen LogP contribution is -2.38. The van der Waals surface area contributed by atoms with E-state index in [0.29, 0.717) is 29.9 Å². The smallest absolute Gasteiger partial charge is 0.422 e. The number of aromatic nitrogens is 5. The van der Waals surface area contributed by atoms with Crippen LogP contribution in [0.2, 0.25) is 0 Å². The maximum absolute atomic E-state index is 15.1. The molecule has 3 aromatic heterocycles. The van der Waals surface area contributed by atoms with Crippen LogP contribution in [0, 0.1) is 0 Å². The Morgan fingerprint density at radius 3 is 2.86 bits per heavy atom. The van der Waals surface area contributed by atoms with Crippen molar-refractivity contribution in [2.24, 2.45) is 0 Å². The highest BCUT2D eigenvalue weighted by atomic mass is 19.4. The predicted molar refractivity (Wildman–Crippen MR) is 114 cm³/mol. The summed E-state index contributed by atoms with van der Waals surface area (Å²) in [7, 11) is 0. The Balaban J connectivity index is 1.24. The van der Waals surface area contributed by atoms with E-state index in [2.05, 4.69) is 30.9 Å². The molecular formula is C21H23F4N7O3. The van der Waals surface area contributed by atoms with Crippen LogP contribution in [0.25, 0.3) is 5.52 Å². The van der Waals surface area contributed by atoms with Gasteiger partial charge in [-0.25, -0.2) is 18.7 Å². The average molecular weight is 497 g/mol. The van der Waals surface area contributed by atoms with E-state index >= 15 is 4.39 Å². The van der Waals surface area contributed by atoms with E-state index in [9.17, 15) is 18.0 Å². The summed E-state index contributed by atoms with van der Waals surface area (Å²) in [5, 5.41) is 16.6. The van der Waals surface area contributed by atoms with Crippen LogP contribution in [0.4, 0.5) is 34.0 Å². The molecule has 3 aromatic rings. The van der Waals surface area contributed by atoms with Gasteiger partial charge in [-0.1, -0.05) is 0 Å². The van der Waals surface area contributed by atoms with E-state index in [1.807, 2.05) is 6.92 Å². The minimum Gasteiger partial charge on any atom is -0.467 e. The molecule has 0 unspecified atom stereocenters. The Kier molecular flexibility index (Phi) is 5.68. The first kappa shape index (κ1) is 23.2. The Bertz CT molecular complexity index is 1220. The number of nitrogens with one attached hydrogen (secondary N) is 3. The number of carbonyl (C=O) groups is 1. The van der Waals surface area contributed by atoms with Gasteiger partial charge in [0.25, 0.3) is 0 Å². The Hall–Kier alpha value is -3.58. The van der Waals surface area contributed by atoms with Crippen LogP contribution < -0.4 is 15.4 Å². The van der Waals surface area contributed by atoms with Crippen molar-refractivity contribution in [3.63, 3.8) is 0 Å². The Morgan fingerprint density at radius 1 is 1.31 bits per heavy atom. The third-order valence-electron chi connectivity index (χ3n) is 6.16. The quantitative estimate of drug-likeness (QED) is 0.422.